The molecule has 0 amide bonds. The fourth-order valence-electron chi connectivity index (χ4n) is 3.04. The third kappa shape index (κ3) is 2.21. The molecule has 0 saturated carbocycles. The van der Waals surface area contributed by atoms with Crippen molar-refractivity contribution in [2.45, 2.75) is 20.5 Å². The van der Waals surface area contributed by atoms with Crippen LogP contribution in [0.25, 0.3) is 0 Å². The SMILES string of the molecule is CC(=O)c1cccc2c1C(=O)c1c(C(C)=O)cc(CO)cc1C2=O. The van der Waals surface area contributed by atoms with Crippen molar-refractivity contribution in [3.05, 3.63) is 69.3 Å². The van der Waals surface area contributed by atoms with Gasteiger partial charge >= 0.3 is 0 Å². The summed E-state index contributed by atoms with van der Waals surface area (Å²) in [7, 11) is 0. The molecule has 24 heavy (non-hydrogen) atoms. The van der Waals surface area contributed by atoms with Gasteiger partial charge in [-0.25, -0.2) is 0 Å². The van der Waals surface area contributed by atoms with Gasteiger partial charge in [0.25, 0.3) is 0 Å². The molecule has 0 aromatic heterocycles. The van der Waals surface area contributed by atoms with Crippen LogP contribution in [0.2, 0.25) is 0 Å². The Hall–Kier alpha value is -2.92. The van der Waals surface area contributed by atoms with Gasteiger partial charge in [0, 0.05) is 33.4 Å². The van der Waals surface area contributed by atoms with E-state index in [1.165, 1.54) is 38.1 Å². The Morgan fingerprint density at radius 3 is 2.08 bits per heavy atom. The number of benzene rings is 2. The Labute approximate surface area is 137 Å². The molecule has 0 spiro atoms. The van der Waals surface area contributed by atoms with Crippen molar-refractivity contribution < 1.29 is 24.3 Å². The molecule has 0 unspecified atom stereocenters. The third-order valence-corrected chi connectivity index (χ3v) is 4.15. The maximum atomic E-state index is 13.0. The summed E-state index contributed by atoms with van der Waals surface area (Å²) in [6.45, 7) is 2.26. The van der Waals surface area contributed by atoms with Crippen molar-refractivity contribution in [1.82, 2.24) is 0 Å². The van der Waals surface area contributed by atoms with E-state index in [9.17, 15) is 24.3 Å². The molecule has 0 saturated heterocycles. The second-order valence-corrected chi connectivity index (χ2v) is 5.72. The smallest absolute Gasteiger partial charge is 0.195 e. The van der Waals surface area contributed by atoms with Gasteiger partial charge in [-0.15, -0.1) is 0 Å². The molecule has 1 aliphatic carbocycles. The van der Waals surface area contributed by atoms with Crippen LogP contribution in [0.4, 0.5) is 0 Å². The monoisotopic (exact) mass is 322 g/mol. The lowest BCUT2D eigenvalue weighted by Crippen LogP contribution is -2.26. The van der Waals surface area contributed by atoms with E-state index in [2.05, 4.69) is 0 Å². The molecule has 0 bridgehead atoms. The van der Waals surface area contributed by atoms with E-state index >= 15 is 0 Å². The number of fused-ring (bicyclic) bond motifs is 2. The predicted molar refractivity (Wildman–Crippen MR) is 85.7 cm³/mol. The second-order valence-electron chi connectivity index (χ2n) is 5.72. The summed E-state index contributed by atoms with van der Waals surface area (Å²) in [5, 5.41) is 9.36. The molecule has 1 aliphatic rings. The average molecular weight is 322 g/mol. The van der Waals surface area contributed by atoms with Gasteiger partial charge < -0.3 is 5.11 Å². The van der Waals surface area contributed by atoms with E-state index in [0.717, 1.165) is 0 Å². The number of aliphatic hydroxyl groups is 1. The second kappa shape index (κ2) is 5.62. The Morgan fingerprint density at radius 2 is 1.50 bits per heavy atom. The normalized spacial score (nSPS) is 12.6. The first-order chi connectivity index (χ1) is 11.4. The van der Waals surface area contributed by atoms with Gasteiger partial charge in [0.15, 0.2) is 23.1 Å². The van der Waals surface area contributed by atoms with E-state index in [1.807, 2.05) is 0 Å². The maximum absolute atomic E-state index is 13.0. The van der Waals surface area contributed by atoms with E-state index < -0.39 is 11.6 Å². The minimum absolute atomic E-state index is 0.00546. The Balaban J connectivity index is 2.40. The number of ketones is 4. The van der Waals surface area contributed by atoms with Crippen molar-refractivity contribution in [3.63, 3.8) is 0 Å². The molecular formula is C19H14O5. The number of carbonyl (C=O) groups is 4. The van der Waals surface area contributed by atoms with Crippen molar-refractivity contribution in [2.24, 2.45) is 0 Å². The highest BCUT2D eigenvalue weighted by Crippen LogP contribution is 2.33. The Kier molecular flexibility index (Phi) is 3.73. The number of carbonyl (C=O) groups excluding carboxylic acids is 4. The summed E-state index contributed by atoms with van der Waals surface area (Å²) >= 11 is 0. The van der Waals surface area contributed by atoms with E-state index in [0.29, 0.717) is 5.56 Å². The number of rotatable bonds is 3. The first-order valence-electron chi connectivity index (χ1n) is 7.38. The summed E-state index contributed by atoms with van der Waals surface area (Å²) in [5.41, 5.74) is 0.907. The molecule has 120 valence electrons. The lowest BCUT2D eigenvalue weighted by atomic mass is 9.78. The summed E-state index contributed by atoms with van der Waals surface area (Å²) in [5.74, 6) is -1.65. The molecule has 3 rings (SSSR count). The van der Waals surface area contributed by atoms with Gasteiger partial charge in [0.05, 0.1) is 6.61 Å². The zero-order valence-corrected chi connectivity index (χ0v) is 13.2. The van der Waals surface area contributed by atoms with Gasteiger partial charge in [-0.2, -0.15) is 0 Å². The lowest BCUT2D eigenvalue weighted by molar-refractivity contribution is 0.0960. The lowest BCUT2D eigenvalue weighted by Gasteiger charge is -2.22. The first-order valence-corrected chi connectivity index (χ1v) is 7.38. The molecule has 0 heterocycles. The number of hydrogen-bond donors (Lipinski definition) is 1. The summed E-state index contributed by atoms with van der Waals surface area (Å²) in [6.07, 6.45) is 0. The van der Waals surface area contributed by atoms with Gasteiger partial charge in [-0.1, -0.05) is 18.2 Å². The van der Waals surface area contributed by atoms with Crippen LogP contribution in [0, 0.1) is 0 Å². The largest absolute Gasteiger partial charge is 0.392 e. The Bertz CT molecular complexity index is 937. The minimum atomic E-state index is -0.514. The van der Waals surface area contributed by atoms with Gasteiger partial charge in [-0.05, 0) is 31.5 Å². The summed E-state index contributed by atoms with van der Waals surface area (Å²) in [4.78, 5) is 49.6. The minimum Gasteiger partial charge on any atom is -0.392 e. The van der Waals surface area contributed by atoms with E-state index in [4.69, 9.17) is 0 Å². The van der Waals surface area contributed by atoms with Crippen LogP contribution in [-0.2, 0) is 6.61 Å². The molecule has 0 radical (unpaired) electrons. The van der Waals surface area contributed by atoms with Crippen molar-refractivity contribution in [2.75, 3.05) is 0 Å². The van der Waals surface area contributed by atoms with E-state index in [1.54, 1.807) is 6.07 Å². The van der Waals surface area contributed by atoms with Gasteiger partial charge in [-0.3, -0.25) is 19.2 Å². The van der Waals surface area contributed by atoms with Gasteiger partial charge in [0.2, 0.25) is 0 Å². The topological polar surface area (TPSA) is 88.5 Å². The number of Topliss-reactive ketones (excluding diaryl/α,β-unsaturated/α-hetero) is 2. The summed E-state index contributed by atoms with van der Waals surface area (Å²) < 4.78 is 0. The zero-order chi connectivity index (χ0) is 17.6. The zero-order valence-electron chi connectivity index (χ0n) is 13.2. The third-order valence-electron chi connectivity index (χ3n) is 4.15. The highest BCUT2D eigenvalue weighted by Gasteiger charge is 2.35. The highest BCUT2D eigenvalue weighted by molar-refractivity contribution is 6.33. The molecule has 0 aliphatic heterocycles. The van der Waals surface area contributed by atoms with Crippen molar-refractivity contribution >= 4 is 23.1 Å². The average Bonchev–Trinajstić information content (AvgIpc) is 2.57. The first kappa shape index (κ1) is 16.0. The van der Waals surface area contributed by atoms with Crippen LogP contribution in [0.5, 0.6) is 0 Å². The van der Waals surface area contributed by atoms with Crippen LogP contribution in [0.3, 0.4) is 0 Å². The fourth-order valence-corrected chi connectivity index (χ4v) is 3.04. The molecule has 5 heteroatoms. The van der Waals surface area contributed by atoms with Crippen molar-refractivity contribution in [1.29, 1.82) is 0 Å². The maximum Gasteiger partial charge on any atom is 0.195 e. The highest BCUT2D eigenvalue weighted by atomic mass is 16.3. The van der Waals surface area contributed by atoms with Crippen molar-refractivity contribution in [3.8, 4) is 0 Å². The fraction of sp³-hybridized carbons (Fsp3) is 0.158. The van der Waals surface area contributed by atoms with Crippen LogP contribution < -0.4 is 0 Å². The van der Waals surface area contributed by atoms with Crippen LogP contribution in [0.15, 0.2) is 30.3 Å². The van der Waals surface area contributed by atoms with Crippen LogP contribution in [-0.4, -0.2) is 28.2 Å². The molecule has 1 N–H and O–H groups in total. The Morgan fingerprint density at radius 1 is 0.875 bits per heavy atom. The molecular weight excluding hydrogens is 308 g/mol. The van der Waals surface area contributed by atoms with Crippen LogP contribution in [0.1, 0.15) is 72.0 Å². The molecule has 2 aromatic rings. The molecule has 0 fully saturated rings. The quantitative estimate of drug-likeness (QED) is 0.748. The summed E-state index contributed by atoms with van der Waals surface area (Å²) in [6, 6.07) is 7.36. The molecule has 0 atom stereocenters. The van der Waals surface area contributed by atoms with E-state index in [-0.39, 0.29) is 51.6 Å². The van der Waals surface area contributed by atoms with Gasteiger partial charge in [0.1, 0.15) is 0 Å². The number of aliphatic hydroxyl groups excluding tert-OH is 1. The standard InChI is InChI=1S/C19H14O5/c1-9(21)12-4-3-5-13-16(12)19(24)17-14(10(2)22)6-11(8-20)7-15(17)18(13)23/h3-7,20H,8H2,1-2H3. The molecule has 2 aromatic carbocycles. The predicted octanol–water partition coefficient (Wildman–Crippen LogP) is 2.36. The number of hydrogen-bond acceptors (Lipinski definition) is 5. The molecule has 5 nitrogen and oxygen atoms in total. The van der Waals surface area contributed by atoms with Crippen LogP contribution >= 0.6 is 0 Å².